The van der Waals surface area contributed by atoms with Gasteiger partial charge in [0.2, 0.25) is 0 Å². The van der Waals surface area contributed by atoms with Crippen molar-refractivity contribution in [3.8, 4) is 6.07 Å². The minimum atomic E-state index is -0.410. The van der Waals surface area contributed by atoms with Crippen LogP contribution in [0.3, 0.4) is 0 Å². The van der Waals surface area contributed by atoms with E-state index in [0.717, 1.165) is 0 Å². The number of rotatable bonds is 2. The number of carbonyl (C=O) groups is 2. The SMILES string of the molecule is CC(C#N)C(C)N1C(=O)c2ccccc2C1=O. The number of carbonyl (C=O) groups excluding carboxylic acids is 2. The maximum Gasteiger partial charge on any atom is 0.261 e. The molecule has 1 aliphatic rings. The van der Waals surface area contributed by atoms with Gasteiger partial charge in [0, 0.05) is 0 Å². The number of nitrogens with zero attached hydrogens (tertiary/aromatic N) is 2. The summed E-state index contributed by atoms with van der Waals surface area (Å²) in [6.07, 6.45) is 0. The lowest BCUT2D eigenvalue weighted by Crippen LogP contribution is -2.41. The molecule has 86 valence electrons. The maximum atomic E-state index is 12.1. The number of benzene rings is 1. The lowest BCUT2D eigenvalue weighted by Gasteiger charge is -2.24. The molecule has 17 heavy (non-hydrogen) atoms. The smallest absolute Gasteiger partial charge is 0.261 e. The van der Waals surface area contributed by atoms with Crippen LogP contribution in [0.25, 0.3) is 0 Å². The maximum absolute atomic E-state index is 12.1. The van der Waals surface area contributed by atoms with Crippen molar-refractivity contribution < 1.29 is 9.59 Å². The highest BCUT2D eigenvalue weighted by Gasteiger charge is 2.39. The lowest BCUT2D eigenvalue weighted by molar-refractivity contribution is 0.0572. The molecule has 2 atom stereocenters. The zero-order valence-corrected chi connectivity index (χ0v) is 9.68. The molecule has 2 rings (SSSR count). The molecule has 1 aromatic rings. The summed E-state index contributed by atoms with van der Waals surface area (Å²) in [4.78, 5) is 25.3. The molecular formula is C13H12N2O2. The Hall–Kier alpha value is -2.15. The normalized spacial score (nSPS) is 17.6. The molecule has 0 radical (unpaired) electrons. The second-order valence-electron chi connectivity index (χ2n) is 4.18. The predicted octanol–water partition coefficient (Wildman–Crippen LogP) is 1.83. The summed E-state index contributed by atoms with van der Waals surface area (Å²) in [6, 6.07) is 8.39. The Morgan fingerprint density at radius 3 is 2.00 bits per heavy atom. The molecule has 2 unspecified atom stereocenters. The van der Waals surface area contributed by atoms with Gasteiger partial charge < -0.3 is 0 Å². The Morgan fingerprint density at radius 2 is 1.59 bits per heavy atom. The van der Waals surface area contributed by atoms with Crippen molar-refractivity contribution >= 4 is 11.8 Å². The second kappa shape index (κ2) is 4.02. The Labute approximate surface area is 99.5 Å². The van der Waals surface area contributed by atoms with Crippen molar-refractivity contribution in [3.05, 3.63) is 35.4 Å². The minimum absolute atomic E-state index is 0.305. The number of amides is 2. The van der Waals surface area contributed by atoms with E-state index in [2.05, 4.69) is 6.07 Å². The fraction of sp³-hybridized carbons (Fsp3) is 0.308. The zero-order chi connectivity index (χ0) is 12.6. The van der Waals surface area contributed by atoms with Crippen molar-refractivity contribution in [3.63, 3.8) is 0 Å². The monoisotopic (exact) mass is 228 g/mol. The summed E-state index contributed by atoms with van der Waals surface area (Å²) in [5.41, 5.74) is 0.851. The molecule has 0 aromatic heterocycles. The highest BCUT2D eigenvalue weighted by molar-refractivity contribution is 6.21. The summed E-state index contributed by atoms with van der Waals surface area (Å²) >= 11 is 0. The van der Waals surface area contributed by atoms with Gasteiger partial charge in [-0.15, -0.1) is 0 Å². The van der Waals surface area contributed by atoms with Crippen molar-refractivity contribution in [1.29, 1.82) is 5.26 Å². The van der Waals surface area contributed by atoms with E-state index in [1.807, 2.05) is 0 Å². The van der Waals surface area contributed by atoms with E-state index in [1.165, 1.54) is 4.90 Å². The van der Waals surface area contributed by atoms with Crippen LogP contribution < -0.4 is 0 Å². The van der Waals surface area contributed by atoms with Gasteiger partial charge in [-0.2, -0.15) is 5.26 Å². The molecule has 0 spiro atoms. The van der Waals surface area contributed by atoms with E-state index in [9.17, 15) is 9.59 Å². The van der Waals surface area contributed by atoms with E-state index in [-0.39, 0.29) is 17.7 Å². The predicted molar refractivity (Wildman–Crippen MR) is 61.2 cm³/mol. The summed E-state index contributed by atoms with van der Waals surface area (Å²) in [5, 5.41) is 8.86. The second-order valence-corrected chi connectivity index (χ2v) is 4.18. The molecule has 0 aliphatic carbocycles. The number of nitriles is 1. The third-order valence-electron chi connectivity index (χ3n) is 3.16. The molecule has 1 heterocycles. The Kier molecular flexibility index (Phi) is 2.68. The topological polar surface area (TPSA) is 61.2 Å². The van der Waals surface area contributed by atoms with Crippen LogP contribution in [0, 0.1) is 17.2 Å². The summed E-state index contributed by atoms with van der Waals surface area (Å²) in [7, 11) is 0. The first-order valence-electron chi connectivity index (χ1n) is 5.44. The average molecular weight is 228 g/mol. The highest BCUT2D eigenvalue weighted by Crippen LogP contribution is 2.26. The molecule has 0 saturated carbocycles. The number of fused-ring (bicyclic) bond motifs is 1. The quantitative estimate of drug-likeness (QED) is 0.725. The first-order chi connectivity index (χ1) is 8.07. The molecule has 0 N–H and O–H groups in total. The van der Waals surface area contributed by atoms with Crippen LogP contribution >= 0.6 is 0 Å². The van der Waals surface area contributed by atoms with Crippen LogP contribution in [0.15, 0.2) is 24.3 Å². The first-order valence-corrected chi connectivity index (χ1v) is 5.44. The van der Waals surface area contributed by atoms with E-state index in [0.29, 0.717) is 11.1 Å². The molecule has 0 bridgehead atoms. The molecule has 4 nitrogen and oxygen atoms in total. The Bertz CT molecular complexity index is 495. The van der Waals surface area contributed by atoms with Crippen molar-refractivity contribution in [2.24, 2.45) is 5.92 Å². The summed E-state index contributed by atoms with van der Waals surface area (Å²) in [5.74, 6) is -0.988. The van der Waals surface area contributed by atoms with Crippen LogP contribution in [-0.4, -0.2) is 22.8 Å². The van der Waals surface area contributed by atoms with Gasteiger partial charge >= 0.3 is 0 Å². The molecule has 0 fully saturated rings. The zero-order valence-electron chi connectivity index (χ0n) is 9.68. The van der Waals surface area contributed by atoms with Gasteiger partial charge in [0.05, 0.1) is 29.2 Å². The molecule has 1 aliphatic heterocycles. The standard InChI is InChI=1S/C13H12N2O2/c1-8(7-14)9(2)15-12(16)10-5-3-4-6-11(10)13(15)17/h3-6,8-9H,1-2H3. The number of hydrogen-bond acceptors (Lipinski definition) is 3. The van der Waals surface area contributed by atoms with E-state index in [4.69, 9.17) is 5.26 Å². The lowest BCUT2D eigenvalue weighted by atomic mass is 10.0. The van der Waals surface area contributed by atoms with E-state index in [1.54, 1.807) is 38.1 Å². The third kappa shape index (κ3) is 1.60. The minimum Gasteiger partial charge on any atom is -0.270 e. The van der Waals surface area contributed by atoms with Crippen LogP contribution in [0.4, 0.5) is 0 Å². The van der Waals surface area contributed by atoms with Crippen molar-refractivity contribution in [1.82, 2.24) is 4.90 Å². The fourth-order valence-corrected chi connectivity index (χ4v) is 1.91. The molecular weight excluding hydrogens is 216 g/mol. The molecule has 1 aromatic carbocycles. The summed E-state index contributed by atoms with van der Waals surface area (Å²) in [6.45, 7) is 3.42. The van der Waals surface area contributed by atoms with Gasteiger partial charge in [0.15, 0.2) is 0 Å². The summed E-state index contributed by atoms with van der Waals surface area (Å²) < 4.78 is 0. The van der Waals surface area contributed by atoms with Crippen LogP contribution in [-0.2, 0) is 0 Å². The number of imide groups is 1. The fourth-order valence-electron chi connectivity index (χ4n) is 1.91. The van der Waals surface area contributed by atoms with Gasteiger partial charge in [-0.1, -0.05) is 12.1 Å². The van der Waals surface area contributed by atoms with Crippen LogP contribution in [0.5, 0.6) is 0 Å². The Morgan fingerprint density at radius 1 is 1.12 bits per heavy atom. The largest absolute Gasteiger partial charge is 0.270 e. The van der Waals surface area contributed by atoms with Gasteiger partial charge in [0.1, 0.15) is 0 Å². The van der Waals surface area contributed by atoms with Gasteiger partial charge in [-0.25, -0.2) is 0 Å². The van der Waals surface area contributed by atoms with Gasteiger partial charge in [0.25, 0.3) is 11.8 Å². The van der Waals surface area contributed by atoms with Crippen molar-refractivity contribution in [2.45, 2.75) is 19.9 Å². The van der Waals surface area contributed by atoms with Crippen LogP contribution in [0.1, 0.15) is 34.6 Å². The molecule has 2 amide bonds. The van der Waals surface area contributed by atoms with Gasteiger partial charge in [-0.3, -0.25) is 14.5 Å². The average Bonchev–Trinajstić information content (AvgIpc) is 2.61. The van der Waals surface area contributed by atoms with Crippen molar-refractivity contribution in [2.75, 3.05) is 0 Å². The molecule has 0 saturated heterocycles. The molecule has 4 heteroatoms. The Balaban J connectivity index is 2.40. The number of hydrogen-bond donors (Lipinski definition) is 0. The third-order valence-corrected chi connectivity index (χ3v) is 3.16. The van der Waals surface area contributed by atoms with Gasteiger partial charge in [-0.05, 0) is 26.0 Å². The van der Waals surface area contributed by atoms with Crippen LogP contribution in [0.2, 0.25) is 0 Å². The van der Waals surface area contributed by atoms with E-state index >= 15 is 0 Å². The van der Waals surface area contributed by atoms with E-state index < -0.39 is 6.04 Å². The first kappa shape index (κ1) is 11.3. The highest BCUT2D eigenvalue weighted by atomic mass is 16.2.